The number of rotatable bonds is 4. The van der Waals surface area contributed by atoms with Gasteiger partial charge in [0.05, 0.1) is 29.5 Å². The number of pyridine rings is 1. The Balaban J connectivity index is 2.00. The van der Waals surface area contributed by atoms with Crippen LogP contribution in [0.5, 0.6) is 5.75 Å². The summed E-state index contributed by atoms with van der Waals surface area (Å²) in [4.78, 5) is 37.9. The molecule has 0 aliphatic heterocycles. The van der Waals surface area contributed by atoms with E-state index in [0.717, 1.165) is 11.3 Å². The number of nitrogens with zero attached hydrogens (tertiary/aromatic N) is 1. The Bertz CT molecular complexity index is 1100. The number of aromatic amines is 1. The van der Waals surface area contributed by atoms with Gasteiger partial charge >= 0.3 is 0 Å². The highest BCUT2D eigenvalue weighted by atomic mass is 32.1. The number of ether oxygens (including phenoxy) is 1. The van der Waals surface area contributed by atoms with Crippen LogP contribution < -0.4 is 21.3 Å². The molecule has 3 rings (SSSR count). The number of carbonyl (C=O) groups excluding carboxylic acids is 1. The van der Waals surface area contributed by atoms with Crippen molar-refractivity contribution in [2.24, 2.45) is 0 Å². The summed E-state index contributed by atoms with van der Waals surface area (Å²) >= 11 is 1.06. The van der Waals surface area contributed by atoms with Crippen molar-refractivity contribution in [3.05, 3.63) is 55.2 Å². The van der Waals surface area contributed by atoms with Crippen LogP contribution in [0, 0.1) is 17.0 Å². The fourth-order valence-corrected chi connectivity index (χ4v) is 3.67. The van der Waals surface area contributed by atoms with Gasteiger partial charge in [-0.2, -0.15) is 0 Å². The Hall–Kier alpha value is -3.40. The predicted octanol–water partition coefficient (Wildman–Crippen LogP) is 2.65. The average molecular weight is 374 g/mol. The third-order valence-corrected chi connectivity index (χ3v) is 4.89. The van der Waals surface area contributed by atoms with Crippen molar-refractivity contribution in [2.75, 3.05) is 18.2 Å². The first-order valence-corrected chi connectivity index (χ1v) is 8.19. The number of anilines is 2. The van der Waals surface area contributed by atoms with Crippen LogP contribution in [0.4, 0.5) is 17.1 Å². The smallest absolute Gasteiger partial charge is 0.273 e. The van der Waals surface area contributed by atoms with E-state index in [9.17, 15) is 19.7 Å². The van der Waals surface area contributed by atoms with E-state index >= 15 is 0 Å². The van der Waals surface area contributed by atoms with Gasteiger partial charge in [0.15, 0.2) is 0 Å². The molecule has 0 bridgehead atoms. The number of nitrogens with two attached hydrogens (primary N) is 1. The largest absolute Gasteiger partial charge is 0.494 e. The van der Waals surface area contributed by atoms with Gasteiger partial charge in [0.25, 0.3) is 11.6 Å². The predicted molar refractivity (Wildman–Crippen MR) is 99.2 cm³/mol. The molecule has 134 valence electrons. The molecule has 0 fully saturated rings. The number of carbonyl (C=O) groups is 1. The maximum Gasteiger partial charge on any atom is 0.273 e. The summed E-state index contributed by atoms with van der Waals surface area (Å²) < 4.78 is 5.10. The van der Waals surface area contributed by atoms with Gasteiger partial charge in [-0.15, -0.1) is 11.3 Å². The quantitative estimate of drug-likeness (QED) is 0.474. The third kappa shape index (κ3) is 2.97. The second-order valence-electron chi connectivity index (χ2n) is 5.46. The van der Waals surface area contributed by atoms with Crippen LogP contribution in [0.2, 0.25) is 0 Å². The number of methoxy groups -OCH3 is 1. The maximum atomic E-state index is 12.6. The molecule has 0 saturated carbocycles. The summed E-state index contributed by atoms with van der Waals surface area (Å²) in [6.45, 7) is 1.74. The van der Waals surface area contributed by atoms with Gasteiger partial charge < -0.3 is 20.8 Å². The molecule has 0 aliphatic carbocycles. The number of nitrogens with one attached hydrogen (secondary N) is 2. The van der Waals surface area contributed by atoms with Crippen LogP contribution in [0.1, 0.15) is 15.2 Å². The SMILES string of the molecule is COc1cc([N+](=O)[O-])ccc1NC(=O)c1sc2[nH]c(=O)cc(C)c2c1N. The van der Waals surface area contributed by atoms with E-state index < -0.39 is 10.8 Å². The molecule has 1 aromatic carbocycles. The average Bonchev–Trinajstić information content (AvgIpc) is 2.91. The zero-order valence-electron chi connectivity index (χ0n) is 13.8. The van der Waals surface area contributed by atoms with Gasteiger partial charge in [-0.1, -0.05) is 0 Å². The van der Waals surface area contributed by atoms with Gasteiger partial charge in [-0.05, 0) is 18.6 Å². The molecule has 0 atom stereocenters. The van der Waals surface area contributed by atoms with Crippen molar-refractivity contribution >= 4 is 44.5 Å². The van der Waals surface area contributed by atoms with Gasteiger partial charge in [-0.25, -0.2) is 0 Å². The van der Waals surface area contributed by atoms with Gasteiger partial charge in [-0.3, -0.25) is 19.7 Å². The van der Waals surface area contributed by atoms with Gasteiger partial charge in [0, 0.05) is 17.5 Å². The van der Waals surface area contributed by atoms with E-state index in [1.165, 1.54) is 31.4 Å². The Kier molecular flexibility index (Phi) is 4.34. The van der Waals surface area contributed by atoms with Crippen molar-refractivity contribution in [1.29, 1.82) is 0 Å². The number of nitrogen functional groups attached to an aromatic ring is 1. The number of H-pyrrole nitrogens is 1. The topological polar surface area (TPSA) is 140 Å². The van der Waals surface area contributed by atoms with Crippen LogP contribution >= 0.6 is 11.3 Å². The van der Waals surface area contributed by atoms with E-state index in [0.29, 0.717) is 15.8 Å². The summed E-state index contributed by atoms with van der Waals surface area (Å²) in [5.41, 5.74) is 6.85. The number of benzene rings is 1. The standard InChI is InChI=1S/C16H14N4O5S/c1-7-5-11(21)19-16-12(7)13(17)14(26-16)15(22)18-9-4-3-8(20(23)24)6-10(9)25-2/h3-6H,17H2,1-2H3,(H,18,22)(H,19,21). The van der Waals surface area contributed by atoms with Crippen LogP contribution in [-0.2, 0) is 0 Å². The number of hydrogen-bond acceptors (Lipinski definition) is 7. The first kappa shape index (κ1) is 17.4. The molecular formula is C16H14N4O5S. The summed E-state index contributed by atoms with van der Waals surface area (Å²) in [5, 5.41) is 14.1. The molecule has 0 saturated heterocycles. The molecule has 0 aliphatic rings. The molecule has 0 unspecified atom stereocenters. The molecule has 3 aromatic rings. The lowest BCUT2D eigenvalue weighted by molar-refractivity contribution is -0.384. The minimum atomic E-state index is -0.558. The Labute approximate surface area is 150 Å². The number of hydrogen-bond donors (Lipinski definition) is 3. The van der Waals surface area contributed by atoms with E-state index in [1.54, 1.807) is 6.92 Å². The highest BCUT2D eigenvalue weighted by Crippen LogP contribution is 2.35. The van der Waals surface area contributed by atoms with E-state index in [1.807, 2.05) is 0 Å². The molecule has 4 N–H and O–H groups in total. The van der Waals surface area contributed by atoms with Crippen molar-refractivity contribution < 1.29 is 14.5 Å². The van der Waals surface area contributed by atoms with E-state index in [2.05, 4.69) is 10.3 Å². The van der Waals surface area contributed by atoms with Crippen LogP contribution in [-0.4, -0.2) is 22.9 Å². The number of nitro groups is 1. The molecule has 0 spiro atoms. The number of fused-ring (bicyclic) bond motifs is 1. The Morgan fingerprint density at radius 3 is 2.77 bits per heavy atom. The minimum absolute atomic E-state index is 0.150. The molecule has 2 heterocycles. The number of amides is 1. The molecule has 26 heavy (non-hydrogen) atoms. The first-order chi connectivity index (χ1) is 12.3. The van der Waals surface area contributed by atoms with Gasteiger partial charge in [0.1, 0.15) is 15.5 Å². The Morgan fingerprint density at radius 1 is 1.38 bits per heavy atom. The molecular weight excluding hydrogens is 360 g/mol. The Morgan fingerprint density at radius 2 is 2.12 bits per heavy atom. The maximum absolute atomic E-state index is 12.6. The van der Waals surface area contributed by atoms with Crippen molar-refractivity contribution in [3.8, 4) is 5.75 Å². The van der Waals surface area contributed by atoms with Crippen molar-refractivity contribution in [2.45, 2.75) is 6.92 Å². The normalized spacial score (nSPS) is 10.7. The van der Waals surface area contributed by atoms with E-state index in [4.69, 9.17) is 10.5 Å². The monoisotopic (exact) mass is 374 g/mol. The van der Waals surface area contributed by atoms with Crippen LogP contribution in [0.3, 0.4) is 0 Å². The first-order valence-electron chi connectivity index (χ1n) is 7.37. The van der Waals surface area contributed by atoms with Crippen molar-refractivity contribution in [3.63, 3.8) is 0 Å². The molecule has 1 amide bonds. The lowest BCUT2D eigenvalue weighted by Gasteiger charge is -2.09. The highest BCUT2D eigenvalue weighted by Gasteiger charge is 2.20. The minimum Gasteiger partial charge on any atom is -0.494 e. The zero-order chi connectivity index (χ0) is 19.0. The third-order valence-electron chi connectivity index (χ3n) is 3.77. The fraction of sp³-hybridized carbons (Fsp3) is 0.125. The number of aromatic nitrogens is 1. The van der Waals surface area contributed by atoms with E-state index in [-0.39, 0.29) is 33.2 Å². The fourth-order valence-electron chi connectivity index (χ4n) is 2.58. The van der Waals surface area contributed by atoms with Crippen molar-refractivity contribution in [1.82, 2.24) is 4.98 Å². The molecule has 10 heteroatoms. The summed E-state index contributed by atoms with van der Waals surface area (Å²) in [7, 11) is 1.34. The molecule has 9 nitrogen and oxygen atoms in total. The van der Waals surface area contributed by atoms with Crippen LogP contribution in [0.15, 0.2) is 29.1 Å². The summed E-state index contributed by atoms with van der Waals surface area (Å²) in [6, 6.07) is 5.26. The lowest BCUT2D eigenvalue weighted by atomic mass is 10.1. The molecule has 2 aromatic heterocycles. The number of aryl methyl sites for hydroxylation is 1. The second-order valence-corrected chi connectivity index (χ2v) is 6.48. The summed E-state index contributed by atoms with van der Waals surface area (Å²) in [5.74, 6) is -0.354. The number of nitro benzene ring substituents is 1. The summed E-state index contributed by atoms with van der Waals surface area (Å²) in [6.07, 6.45) is 0. The number of non-ortho nitro benzene ring substituents is 1. The lowest BCUT2D eigenvalue weighted by Crippen LogP contribution is -2.13. The highest BCUT2D eigenvalue weighted by molar-refractivity contribution is 7.21. The molecule has 0 radical (unpaired) electrons. The number of thiophene rings is 1. The van der Waals surface area contributed by atoms with Crippen LogP contribution in [0.25, 0.3) is 10.2 Å². The van der Waals surface area contributed by atoms with Gasteiger partial charge in [0.2, 0.25) is 5.56 Å². The zero-order valence-corrected chi connectivity index (χ0v) is 14.6. The second kappa shape index (κ2) is 6.48.